The van der Waals surface area contributed by atoms with E-state index in [1.807, 2.05) is 5.38 Å². The van der Waals surface area contributed by atoms with Gasteiger partial charge < -0.3 is 15.4 Å². The lowest BCUT2D eigenvalue weighted by atomic mass is 10.2. The molecule has 1 atom stereocenters. The van der Waals surface area contributed by atoms with Crippen molar-refractivity contribution in [2.24, 2.45) is 0 Å². The summed E-state index contributed by atoms with van der Waals surface area (Å²) in [6.07, 6.45) is 3.25. The molecule has 2 heterocycles. The molecule has 7 heteroatoms. The zero-order valence-corrected chi connectivity index (χ0v) is 10.6. The van der Waals surface area contributed by atoms with Crippen LogP contribution >= 0.6 is 11.3 Å². The lowest BCUT2D eigenvalue weighted by Crippen LogP contribution is -2.09. The molecule has 1 N–H and O–H groups in total. The van der Waals surface area contributed by atoms with Crippen LogP contribution in [0.15, 0.2) is 29.9 Å². The summed E-state index contributed by atoms with van der Waals surface area (Å²) < 4.78 is 0. The van der Waals surface area contributed by atoms with Crippen LogP contribution in [0.3, 0.4) is 0 Å². The summed E-state index contributed by atoms with van der Waals surface area (Å²) in [4.78, 5) is 17.9. The topological polar surface area (TPSA) is 81.0 Å². The molecule has 0 bridgehead atoms. The molecule has 0 saturated heterocycles. The Bertz CT molecular complexity index is 512. The molecule has 1 unspecified atom stereocenters. The number of hydrogen-bond donors (Lipinski definition) is 1. The first kappa shape index (κ1) is 12.4. The summed E-state index contributed by atoms with van der Waals surface area (Å²) in [5.41, 5.74) is 0.768. The number of anilines is 1. The molecule has 0 amide bonds. The Hall–Kier alpha value is -2.02. The predicted octanol–water partition coefficient (Wildman–Crippen LogP) is 2.66. The Morgan fingerprint density at radius 1 is 1.50 bits per heavy atom. The second-order valence-corrected chi connectivity index (χ2v) is 4.74. The van der Waals surface area contributed by atoms with Crippen LogP contribution in [0.25, 0.3) is 0 Å². The van der Waals surface area contributed by atoms with E-state index < -0.39 is 4.92 Å². The van der Waals surface area contributed by atoms with Crippen LogP contribution in [0, 0.1) is 10.1 Å². The van der Waals surface area contributed by atoms with Gasteiger partial charge in [-0.25, -0.2) is 4.98 Å². The molecule has 0 radical (unpaired) electrons. The first-order valence-corrected chi connectivity index (χ1v) is 6.28. The van der Waals surface area contributed by atoms with Crippen molar-refractivity contribution in [2.75, 3.05) is 11.9 Å². The predicted molar refractivity (Wildman–Crippen MR) is 69.9 cm³/mol. The number of hydrogen-bond acceptors (Lipinski definition) is 6. The first-order chi connectivity index (χ1) is 8.66. The molecule has 0 aliphatic rings. The molecule has 0 aliphatic carbocycles. The van der Waals surface area contributed by atoms with Gasteiger partial charge in [-0.1, -0.05) is 6.92 Å². The van der Waals surface area contributed by atoms with Gasteiger partial charge in [0.15, 0.2) is 6.20 Å². The van der Waals surface area contributed by atoms with Crippen molar-refractivity contribution in [3.05, 3.63) is 45.0 Å². The highest BCUT2D eigenvalue weighted by molar-refractivity contribution is 7.09. The number of aromatic nitrogens is 2. The van der Waals surface area contributed by atoms with Crippen molar-refractivity contribution in [3.63, 3.8) is 0 Å². The number of nitro groups is 1. The molecule has 2 aromatic rings. The highest BCUT2D eigenvalue weighted by Gasteiger charge is 2.09. The molecule has 18 heavy (non-hydrogen) atoms. The zero-order valence-electron chi connectivity index (χ0n) is 9.74. The van der Waals surface area contributed by atoms with Crippen molar-refractivity contribution in [1.29, 1.82) is 0 Å². The van der Waals surface area contributed by atoms with Gasteiger partial charge in [-0.15, -0.1) is 11.3 Å². The van der Waals surface area contributed by atoms with Crippen LogP contribution in [0.5, 0.6) is 0 Å². The Kier molecular flexibility index (Phi) is 3.83. The Balaban J connectivity index is 1.92. The Morgan fingerprint density at radius 3 is 2.89 bits per heavy atom. The van der Waals surface area contributed by atoms with Gasteiger partial charge in [0.05, 0.1) is 10.7 Å². The summed E-state index contributed by atoms with van der Waals surface area (Å²) >= 11 is 1.62. The van der Waals surface area contributed by atoms with Crippen LogP contribution in [0.1, 0.15) is 17.8 Å². The van der Waals surface area contributed by atoms with Crippen molar-refractivity contribution in [2.45, 2.75) is 12.8 Å². The van der Waals surface area contributed by atoms with E-state index in [1.54, 1.807) is 23.6 Å². The van der Waals surface area contributed by atoms with E-state index in [-0.39, 0.29) is 5.82 Å². The van der Waals surface area contributed by atoms with Gasteiger partial charge in [-0.05, 0) is 16.0 Å². The van der Waals surface area contributed by atoms with E-state index in [0.717, 1.165) is 10.7 Å². The Labute approximate surface area is 108 Å². The maximum absolute atomic E-state index is 10.4. The van der Waals surface area contributed by atoms with Crippen molar-refractivity contribution in [3.8, 4) is 0 Å². The number of thiazole rings is 1. The van der Waals surface area contributed by atoms with Crippen LogP contribution in [0.4, 0.5) is 11.5 Å². The summed E-state index contributed by atoms with van der Waals surface area (Å²) in [7, 11) is 0. The molecule has 0 spiro atoms. The van der Waals surface area contributed by atoms with Crippen molar-refractivity contribution < 1.29 is 4.92 Å². The maximum atomic E-state index is 10.4. The normalized spacial score (nSPS) is 12.1. The third kappa shape index (κ3) is 3.01. The third-order valence-corrected chi connectivity index (χ3v) is 3.43. The van der Waals surface area contributed by atoms with E-state index in [0.29, 0.717) is 12.5 Å². The minimum absolute atomic E-state index is 0.145. The molecule has 2 rings (SSSR count). The fourth-order valence-electron chi connectivity index (χ4n) is 1.43. The SMILES string of the molecule is CC(CNc1ccc([N+](=O)[O-])nc1)c1nccs1. The second-order valence-electron chi connectivity index (χ2n) is 3.81. The molecular formula is C11H12N4O2S. The van der Waals surface area contributed by atoms with Gasteiger partial charge in [-0.3, -0.25) is 0 Å². The van der Waals surface area contributed by atoms with Gasteiger partial charge >= 0.3 is 5.82 Å². The van der Waals surface area contributed by atoms with Gasteiger partial charge in [0.25, 0.3) is 0 Å². The molecule has 6 nitrogen and oxygen atoms in total. The molecule has 94 valence electrons. The molecule has 0 aromatic carbocycles. The number of nitrogens with one attached hydrogen (secondary N) is 1. The van der Waals surface area contributed by atoms with Gasteiger partial charge in [0.1, 0.15) is 0 Å². The quantitative estimate of drug-likeness (QED) is 0.663. The molecule has 2 aromatic heterocycles. The largest absolute Gasteiger partial charge is 0.381 e. The maximum Gasteiger partial charge on any atom is 0.363 e. The van der Waals surface area contributed by atoms with Crippen molar-refractivity contribution in [1.82, 2.24) is 9.97 Å². The molecule has 0 saturated carbocycles. The van der Waals surface area contributed by atoms with E-state index in [1.165, 1.54) is 12.3 Å². The zero-order chi connectivity index (χ0) is 13.0. The molecule has 0 fully saturated rings. The lowest BCUT2D eigenvalue weighted by molar-refractivity contribution is -0.389. The summed E-state index contributed by atoms with van der Waals surface area (Å²) in [5, 5.41) is 16.6. The first-order valence-electron chi connectivity index (χ1n) is 5.40. The smallest absolute Gasteiger partial charge is 0.363 e. The van der Waals surface area contributed by atoms with E-state index >= 15 is 0 Å². The Morgan fingerprint density at radius 2 is 2.33 bits per heavy atom. The minimum atomic E-state index is -0.512. The fraction of sp³-hybridized carbons (Fsp3) is 0.273. The van der Waals surface area contributed by atoms with E-state index in [9.17, 15) is 10.1 Å². The number of rotatable bonds is 5. The minimum Gasteiger partial charge on any atom is -0.381 e. The summed E-state index contributed by atoms with van der Waals surface area (Å²) in [6.45, 7) is 2.79. The van der Waals surface area contributed by atoms with Crippen LogP contribution < -0.4 is 5.32 Å². The summed E-state index contributed by atoms with van der Waals surface area (Å²) in [6, 6.07) is 3.04. The monoisotopic (exact) mass is 264 g/mol. The standard InChI is InChI=1S/C11H12N4O2S/c1-8(11-12-4-5-18-11)6-13-9-2-3-10(14-7-9)15(16)17/h2-5,7-8,13H,6H2,1H3. The van der Waals surface area contributed by atoms with E-state index in [4.69, 9.17) is 0 Å². The number of pyridine rings is 1. The lowest BCUT2D eigenvalue weighted by Gasteiger charge is -2.09. The van der Waals surface area contributed by atoms with E-state index in [2.05, 4.69) is 22.2 Å². The molecule has 0 aliphatic heterocycles. The van der Waals surface area contributed by atoms with Gasteiger partial charge in [0.2, 0.25) is 0 Å². The average molecular weight is 264 g/mol. The van der Waals surface area contributed by atoms with Crippen LogP contribution in [0.2, 0.25) is 0 Å². The molecular weight excluding hydrogens is 252 g/mol. The fourth-order valence-corrected chi connectivity index (χ4v) is 2.13. The van der Waals surface area contributed by atoms with Gasteiger partial charge in [-0.2, -0.15) is 0 Å². The third-order valence-electron chi connectivity index (χ3n) is 2.42. The van der Waals surface area contributed by atoms with Crippen LogP contribution in [-0.2, 0) is 0 Å². The van der Waals surface area contributed by atoms with Crippen LogP contribution in [-0.4, -0.2) is 21.4 Å². The average Bonchev–Trinajstić information content (AvgIpc) is 2.90. The second kappa shape index (κ2) is 5.54. The number of nitrogens with zero attached hydrogens (tertiary/aromatic N) is 3. The summed E-state index contributed by atoms with van der Waals surface area (Å²) in [5.74, 6) is 0.147. The highest BCUT2D eigenvalue weighted by Crippen LogP contribution is 2.18. The van der Waals surface area contributed by atoms with Crippen molar-refractivity contribution >= 4 is 22.8 Å². The van der Waals surface area contributed by atoms with Gasteiger partial charge in [0, 0.05) is 30.1 Å². The highest BCUT2D eigenvalue weighted by atomic mass is 32.1.